The van der Waals surface area contributed by atoms with Crippen LogP contribution in [-0.2, 0) is 4.79 Å². The number of nitrogens with one attached hydrogen (secondary N) is 1. The topological polar surface area (TPSA) is 61.6 Å². The quantitative estimate of drug-likeness (QED) is 0.716. The lowest BCUT2D eigenvalue weighted by Crippen LogP contribution is -2.52. The van der Waals surface area contributed by atoms with Crippen LogP contribution in [0, 0.1) is 11.8 Å². The molecule has 3 N–H and O–H groups in total. The van der Waals surface area contributed by atoms with Crippen molar-refractivity contribution in [3.05, 3.63) is 0 Å². The molecular weight excluding hydrogens is 228 g/mol. The summed E-state index contributed by atoms with van der Waals surface area (Å²) < 4.78 is 0. The highest BCUT2D eigenvalue weighted by Crippen LogP contribution is 2.14. The van der Waals surface area contributed by atoms with Gasteiger partial charge in [-0.3, -0.25) is 10.2 Å². The van der Waals surface area contributed by atoms with Gasteiger partial charge in [0.2, 0.25) is 5.91 Å². The Balaban J connectivity index is 2.27. The maximum Gasteiger partial charge on any atom is 0.234 e. The van der Waals surface area contributed by atoms with E-state index in [9.17, 15) is 4.79 Å². The number of hydrogen-bond donors (Lipinski definition) is 2. The third-order valence-electron chi connectivity index (χ3n) is 3.40. The van der Waals surface area contributed by atoms with Gasteiger partial charge in [0, 0.05) is 32.6 Å². The Morgan fingerprint density at radius 3 is 2.39 bits per heavy atom. The Bertz CT molecular complexity index is 249. The van der Waals surface area contributed by atoms with Gasteiger partial charge >= 0.3 is 0 Å². The molecule has 0 aromatic rings. The van der Waals surface area contributed by atoms with Gasteiger partial charge in [0.25, 0.3) is 0 Å². The minimum Gasteiger partial charge on any atom is -0.330 e. The SMILES string of the molecule is CC(C)CC(CN)CC(=O)NN1CCN(C)CC1. The fraction of sp³-hybridized carbons (Fsp3) is 0.923. The molecule has 1 saturated heterocycles. The van der Waals surface area contributed by atoms with Crippen molar-refractivity contribution in [3.63, 3.8) is 0 Å². The fourth-order valence-corrected chi connectivity index (χ4v) is 2.33. The Kier molecular flexibility index (Phi) is 6.60. The maximum absolute atomic E-state index is 11.9. The molecule has 1 rings (SSSR count). The van der Waals surface area contributed by atoms with E-state index in [1.807, 2.05) is 5.01 Å². The summed E-state index contributed by atoms with van der Waals surface area (Å²) in [6.07, 6.45) is 1.56. The number of likely N-dealkylation sites (N-methyl/N-ethyl adjacent to an activating group) is 1. The van der Waals surface area contributed by atoms with Crippen molar-refractivity contribution in [2.75, 3.05) is 39.8 Å². The Morgan fingerprint density at radius 1 is 1.28 bits per heavy atom. The average molecular weight is 256 g/mol. The molecule has 5 nitrogen and oxygen atoms in total. The van der Waals surface area contributed by atoms with Crippen LogP contribution < -0.4 is 11.2 Å². The van der Waals surface area contributed by atoms with Gasteiger partial charge in [-0.15, -0.1) is 0 Å². The standard InChI is InChI=1S/C13H28N4O/c1-11(2)8-12(10-14)9-13(18)15-17-6-4-16(3)5-7-17/h11-12H,4-10,14H2,1-3H3,(H,15,18). The normalized spacial score (nSPS) is 20.1. The van der Waals surface area contributed by atoms with Gasteiger partial charge in [-0.1, -0.05) is 13.8 Å². The Hall–Kier alpha value is -0.650. The van der Waals surface area contributed by atoms with E-state index in [0.29, 0.717) is 24.8 Å². The molecular formula is C13H28N4O. The van der Waals surface area contributed by atoms with Gasteiger partial charge in [-0.2, -0.15) is 0 Å². The first-order valence-corrected chi connectivity index (χ1v) is 6.94. The van der Waals surface area contributed by atoms with Gasteiger partial charge in [-0.25, -0.2) is 5.01 Å². The number of carbonyl (C=O) groups excluding carboxylic acids is 1. The van der Waals surface area contributed by atoms with E-state index in [4.69, 9.17) is 5.73 Å². The highest BCUT2D eigenvalue weighted by atomic mass is 16.2. The molecule has 106 valence electrons. The first-order valence-electron chi connectivity index (χ1n) is 6.94. The van der Waals surface area contributed by atoms with Crippen LogP contribution in [0.1, 0.15) is 26.7 Å². The second kappa shape index (κ2) is 7.71. The molecule has 1 unspecified atom stereocenters. The maximum atomic E-state index is 11.9. The number of nitrogens with two attached hydrogens (primary N) is 1. The van der Waals surface area contributed by atoms with Gasteiger partial charge in [0.15, 0.2) is 0 Å². The van der Waals surface area contributed by atoms with Gasteiger partial charge < -0.3 is 10.6 Å². The van der Waals surface area contributed by atoms with E-state index in [2.05, 4.69) is 31.2 Å². The average Bonchev–Trinajstić information content (AvgIpc) is 2.30. The number of amides is 1. The summed E-state index contributed by atoms with van der Waals surface area (Å²) in [5.41, 5.74) is 8.71. The molecule has 0 aromatic carbocycles. The lowest BCUT2D eigenvalue weighted by Gasteiger charge is -2.32. The van der Waals surface area contributed by atoms with E-state index in [1.165, 1.54) is 0 Å². The van der Waals surface area contributed by atoms with Gasteiger partial charge in [0.05, 0.1) is 0 Å². The summed E-state index contributed by atoms with van der Waals surface area (Å²) >= 11 is 0. The first kappa shape index (κ1) is 15.4. The zero-order valence-corrected chi connectivity index (χ0v) is 12.0. The van der Waals surface area contributed by atoms with Crippen LogP contribution in [0.4, 0.5) is 0 Å². The number of hydrogen-bond acceptors (Lipinski definition) is 4. The van der Waals surface area contributed by atoms with Crippen LogP contribution in [0.25, 0.3) is 0 Å². The minimum absolute atomic E-state index is 0.107. The van der Waals surface area contributed by atoms with Crippen molar-refractivity contribution in [1.82, 2.24) is 15.3 Å². The monoisotopic (exact) mass is 256 g/mol. The predicted molar refractivity (Wildman–Crippen MR) is 73.8 cm³/mol. The lowest BCUT2D eigenvalue weighted by atomic mass is 9.94. The molecule has 5 heteroatoms. The van der Waals surface area contributed by atoms with Crippen LogP contribution in [-0.4, -0.2) is 55.6 Å². The summed E-state index contributed by atoms with van der Waals surface area (Å²) in [7, 11) is 2.10. The second-order valence-corrected chi connectivity index (χ2v) is 5.76. The molecule has 18 heavy (non-hydrogen) atoms. The molecule has 1 fully saturated rings. The third kappa shape index (κ3) is 5.80. The number of carbonyl (C=O) groups is 1. The predicted octanol–water partition coefficient (Wildman–Crippen LogP) is 0.276. The van der Waals surface area contributed by atoms with E-state index in [0.717, 1.165) is 32.6 Å². The molecule has 0 aliphatic carbocycles. The molecule has 1 amide bonds. The summed E-state index contributed by atoms with van der Waals surface area (Å²) in [6, 6.07) is 0. The van der Waals surface area contributed by atoms with Crippen LogP contribution >= 0.6 is 0 Å². The van der Waals surface area contributed by atoms with Crippen LogP contribution in [0.2, 0.25) is 0 Å². The van der Waals surface area contributed by atoms with E-state index in [-0.39, 0.29) is 5.91 Å². The third-order valence-corrected chi connectivity index (χ3v) is 3.40. The number of hydrazine groups is 1. The van der Waals surface area contributed by atoms with E-state index < -0.39 is 0 Å². The smallest absolute Gasteiger partial charge is 0.234 e. The van der Waals surface area contributed by atoms with Crippen molar-refractivity contribution < 1.29 is 4.79 Å². The second-order valence-electron chi connectivity index (χ2n) is 5.76. The molecule has 1 heterocycles. The van der Waals surface area contributed by atoms with E-state index in [1.54, 1.807) is 0 Å². The number of piperazine rings is 1. The van der Waals surface area contributed by atoms with Crippen molar-refractivity contribution in [1.29, 1.82) is 0 Å². The van der Waals surface area contributed by atoms with Crippen LogP contribution in [0.15, 0.2) is 0 Å². The zero-order chi connectivity index (χ0) is 13.5. The molecule has 0 radical (unpaired) electrons. The summed E-state index contributed by atoms with van der Waals surface area (Å²) in [6.45, 7) is 8.75. The molecule has 0 spiro atoms. The molecule has 1 aliphatic heterocycles. The highest BCUT2D eigenvalue weighted by Gasteiger charge is 2.18. The summed E-state index contributed by atoms with van der Waals surface area (Å²) in [4.78, 5) is 14.2. The summed E-state index contributed by atoms with van der Waals surface area (Å²) in [5.74, 6) is 1.00. The minimum atomic E-state index is 0.107. The Morgan fingerprint density at radius 2 is 1.89 bits per heavy atom. The molecule has 0 saturated carbocycles. The molecule has 1 atom stereocenters. The number of rotatable bonds is 6. The fourth-order valence-electron chi connectivity index (χ4n) is 2.33. The lowest BCUT2D eigenvalue weighted by molar-refractivity contribution is -0.127. The zero-order valence-electron chi connectivity index (χ0n) is 12.0. The summed E-state index contributed by atoms with van der Waals surface area (Å²) in [5, 5.41) is 2.02. The van der Waals surface area contributed by atoms with Crippen molar-refractivity contribution in [2.24, 2.45) is 17.6 Å². The number of nitrogens with zero attached hydrogens (tertiary/aromatic N) is 2. The first-order chi connectivity index (χ1) is 8.51. The van der Waals surface area contributed by atoms with Gasteiger partial charge in [0.1, 0.15) is 0 Å². The van der Waals surface area contributed by atoms with Crippen LogP contribution in [0.3, 0.4) is 0 Å². The largest absolute Gasteiger partial charge is 0.330 e. The van der Waals surface area contributed by atoms with Crippen molar-refractivity contribution in [2.45, 2.75) is 26.7 Å². The molecule has 0 bridgehead atoms. The molecule has 1 aliphatic rings. The Labute approximate surface area is 111 Å². The van der Waals surface area contributed by atoms with Crippen molar-refractivity contribution >= 4 is 5.91 Å². The molecule has 0 aromatic heterocycles. The van der Waals surface area contributed by atoms with Crippen molar-refractivity contribution in [3.8, 4) is 0 Å². The van der Waals surface area contributed by atoms with Crippen LogP contribution in [0.5, 0.6) is 0 Å². The van der Waals surface area contributed by atoms with Gasteiger partial charge in [-0.05, 0) is 31.8 Å². The van der Waals surface area contributed by atoms with E-state index >= 15 is 0 Å². The highest BCUT2D eigenvalue weighted by molar-refractivity contribution is 5.75.